The summed E-state index contributed by atoms with van der Waals surface area (Å²) in [6.07, 6.45) is 0. The Hall–Kier alpha value is -2.69. The maximum Gasteiger partial charge on any atom is 0.338 e. The van der Waals surface area contributed by atoms with Crippen LogP contribution in [0.5, 0.6) is 11.5 Å². The Labute approximate surface area is 122 Å². The van der Waals surface area contributed by atoms with Crippen LogP contribution in [-0.2, 0) is 6.61 Å². The fourth-order valence-corrected chi connectivity index (χ4v) is 1.96. The molecule has 2 aromatic carbocycles. The van der Waals surface area contributed by atoms with Crippen LogP contribution in [0.15, 0.2) is 42.5 Å². The quantitative estimate of drug-likeness (QED) is 0.798. The second-order valence-electron chi connectivity index (χ2n) is 4.38. The number of rotatable bonds is 6. The summed E-state index contributed by atoms with van der Waals surface area (Å²) in [7, 11) is 0. The van der Waals surface area contributed by atoms with E-state index in [-0.39, 0.29) is 17.9 Å². The van der Waals surface area contributed by atoms with Gasteiger partial charge in [0.25, 0.3) is 0 Å². The zero-order valence-corrected chi connectivity index (χ0v) is 11.7. The molecule has 0 fully saturated rings. The number of nitrogen functional groups attached to an aromatic ring is 1. The van der Waals surface area contributed by atoms with Crippen molar-refractivity contribution >= 4 is 11.7 Å². The van der Waals surface area contributed by atoms with Crippen LogP contribution in [0, 0.1) is 0 Å². The second-order valence-corrected chi connectivity index (χ2v) is 4.38. The Morgan fingerprint density at radius 2 is 1.71 bits per heavy atom. The van der Waals surface area contributed by atoms with Gasteiger partial charge in [-0.05, 0) is 37.3 Å². The molecule has 0 spiro atoms. The minimum atomic E-state index is -1.06. The Balaban J connectivity index is 2.09. The Morgan fingerprint density at radius 3 is 2.29 bits per heavy atom. The summed E-state index contributed by atoms with van der Waals surface area (Å²) < 4.78 is 10.9. The van der Waals surface area contributed by atoms with Gasteiger partial charge in [0, 0.05) is 11.3 Å². The Kier molecular flexibility index (Phi) is 4.66. The molecule has 0 saturated carbocycles. The lowest BCUT2D eigenvalue weighted by Crippen LogP contribution is -2.09. The largest absolute Gasteiger partial charge is 0.494 e. The predicted molar refractivity (Wildman–Crippen MR) is 79.8 cm³/mol. The van der Waals surface area contributed by atoms with Gasteiger partial charge < -0.3 is 20.3 Å². The lowest BCUT2D eigenvalue weighted by molar-refractivity contribution is 0.0695. The number of benzene rings is 2. The number of ether oxygens (including phenoxy) is 2. The van der Waals surface area contributed by atoms with E-state index in [2.05, 4.69) is 0 Å². The minimum absolute atomic E-state index is 0.0865. The van der Waals surface area contributed by atoms with Crippen LogP contribution in [0.4, 0.5) is 5.69 Å². The van der Waals surface area contributed by atoms with Gasteiger partial charge in [0.1, 0.15) is 18.1 Å². The molecule has 0 aromatic heterocycles. The van der Waals surface area contributed by atoms with Crippen molar-refractivity contribution in [2.75, 3.05) is 12.3 Å². The van der Waals surface area contributed by atoms with E-state index >= 15 is 0 Å². The van der Waals surface area contributed by atoms with Gasteiger partial charge in [-0.1, -0.05) is 12.1 Å². The molecule has 5 heteroatoms. The van der Waals surface area contributed by atoms with Crippen molar-refractivity contribution in [3.05, 3.63) is 53.6 Å². The summed E-state index contributed by atoms with van der Waals surface area (Å²) in [6, 6.07) is 12.1. The number of hydrogen-bond donors (Lipinski definition) is 2. The van der Waals surface area contributed by atoms with Crippen molar-refractivity contribution in [1.29, 1.82) is 0 Å². The highest BCUT2D eigenvalue weighted by molar-refractivity contribution is 5.95. The summed E-state index contributed by atoms with van der Waals surface area (Å²) in [5.74, 6) is 0.343. The Morgan fingerprint density at radius 1 is 1.10 bits per heavy atom. The molecule has 21 heavy (non-hydrogen) atoms. The number of aromatic carboxylic acids is 1. The smallest absolute Gasteiger partial charge is 0.338 e. The van der Waals surface area contributed by atoms with E-state index in [4.69, 9.17) is 15.2 Å². The molecule has 0 aliphatic rings. The average Bonchev–Trinajstić information content (AvgIpc) is 2.46. The predicted octanol–water partition coefficient (Wildman–Crippen LogP) is 2.94. The normalized spacial score (nSPS) is 10.1. The van der Waals surface area contributed by atoms with Crippen LogP contribution in [0.25, 0.3) is 0 Å². The average molecular weight is 287 g/mol. The maximum absolute atomic E-state index is 11.2. The summed E-state index contributed by atoms with van der Waals surface area (Å²) in [6.45, 7) is 2.66. The molecule has 110 valence electrons. The lowest BCUT2D eigenvalue weighted by Gasteiger charge is -2.11. The van der Waals surface area contributed by atoms with Gasteiger partial charge in [0.15, 0.2) is 0 Å². The molecular formula is C16H17NO4. The van der Waals surface area contributed by atoms with Crippen LogP contribution >= 0.6 is 0 Å². The van der Waals surface area contributed by atoms with Crippen molar-refractivity contribution in [1.82, 2.24) is 0 Å². The fraction of sp³-hybridized carbons (Fsp3) is 0.188. The Bertz CT molecular complexity index is 623. The van der Waals surface area contributed by atoms with Crippen molar-refractivity contribution in [3.63, 3.8) is 0 Å². The number of carbonyl (C=O) groups is 1. The van der Waals surface area contributed by atoms with Gasteiger partial charge in [-0.3, -0.25) is 0 Å². The van der Waals surface area contributed by atoms with E-state index in [1.165, 1.54) is 0 Å². The standard InChI is InChI=1S/C16H17NO4/c1-2-20-12-6-8-13(9-7-12)21-10-11-4-3-5-14(17)15(11)16(18)19/h3-9H,2,10,17H2,1H3,(H,18,19). The van der Waals surface area contributed by atoms with Gasteiger partial charge in [-0.25, -0.2) is 4.79 Å². The van der Waals surface area contributed by atoms with Crippen LogP contribution in [-0.4, -0.2) is 17.7 Å². The zero-order valence-electron chi connectivity index (χ0n) is 11.7. The molecule has 0 aliphatic carbocycles. The van der Waals surface area contributed by atoms with E-state index in [0.29, 0.717) is 17.9 Å². The van der Waals surface area contributed by atoms with E-state index in [0.717, 1.165) is 5.75 Å². The highest BCUT2D eigenvalue weighted by atomic mass is 16.5. The van der Waals surface area contributed by atoms with Gasteiger partial charge in [-0.2, -0.15) is 0 Å². The molecule has 0 heterocycles. The molecule has 0 bridgehead atoms. The molecule has 0 aliphatic heterocycles. The van der Waals surface area contributed by atoms with Gasteiger partial charge >= 0.3 is 5.97 Å². The van der Waals surface area contributed by atoms with E-state index in [1.54, 1.807) is 42.5 Å². The van der Waals surface area contributed by atoms with Crippen molar-refractivity contribution in [2.24, 2.45) is 0 Å². The molecule has 0 atom stereocenters. The number of carboxylic acids is 1. The molecule has 0 saturated heterocycles. The summed E-state index contributed by atoms with van der Waals surface area (Å²) in [5.41, 5.74) is 6.55. The molecule has 3 N–H and O–H groups in total. The molecule has 2 aromatic rings. The molecule has 0 unspecified atom stereocenters. The highest BCUT2D eigenvalue weighted by Crippen LogP contribution is 2.21. The molecule has 0 amide bonds. The van der Waals surface area contributed by atoms with Gasteiger partial charge in [0.05, 0.1) is 12.2 Å². The first-order chi connectivity index (χ1) is 10.1. The van der Waals surface area contributed by atoms with E-state index < -0.39 is 5.97 Å². The number of anilines is 1. The zero-order chi connectivity index (χ0) is 15.2. The molecule has 2 rings (SSSR count). The van der Waals surface area contributed by atoms with Crippen molar-refractivity contribution < 1.29 is 19.4 Å². The lowest BCUT2D eigenvalue weighted by atomic mass is 10.1. The van der Waals surface area contributed by atoms with Crippen LogP contribution < -0.4 is 15.2 Å². The fourth-order valence-electron chi connectivity index (χ4n) is 1.96. The molecule has 5 nitrogen and oxygen atoms in total. The minimum Gasteiger partial charge on any atom is -0.494 e. The third kappa shape index (κ3) is 3.66. The monoisotopic (exact) mass is 287 g/mol. The number of hydrogen-bond acceptors (Lipinski definition) is 4. The first kappa shape index (κ1) is 14.7. The van der Waals surface area contributed by atoms with E-state index in [9.17, 15) is 9.90 Å². The topological polar surface area (TPSA) is 81.8 Å². The third-order valence-corrected chi connectivity index (χ3v) is 2.93. The van der Waals surface area contributed by atoms with Crippen LogP contribution in [0.2, 0.25) is 0 Å². The highest BCUT2D eigenvalue weighted by Gasteiger charge is 2.13. The van der Waals surface area contributed by atoms with Crippen molar-refractivity contribution in [3.8, 4) is 11.5 Å². The number of carboxylic acid groups (broad SMARTS) is 1. The van der Waals surface area contributed by atoms with Crippen molar-refractivity contribution in [2.45, 2.75) is 13.5 Å². The molecule has 0 radical (unpaired) electrons. The first-order valence-electron chi connectivity index (χ1n) is 6.58. The SMILES string of the molecule is CCOc1ccc(OCc2cccc(N)c2C(=O)O)cc1. The first-order valence-corrected chi connectivity index (χ1v) is 6.58. The molecular weight excluding hydrogens is 270 g/mol. The summed E-state index contributed by atoms with van der Waals surface area (Å²) >= 11 is 0. The number of nitrogens with two attached hydrogens (primary N) is 1. The van der Waals surface area contributed by atoms with E-state index in [1.807, 2.05) is 6.92 Å². The summed E-state index contributed by atoms with van der Waals surface area (Å²) in [4.78, 5) is 11.2. The summed E-state index contributed by atoms with van der Waals surface area (Å²) in [5, 5.41) is 9.19. The second kappa shape index (κ2) is 6.65. The third-order valence-electron chi connectivity index (χ3n) is 2.93. The van der Waals surface area contributed by atoms with Gasteiger partial charge in [-0.15, -0.1) is 0 Å². The van der Waals surface area contributed by atoms with Crippen LogP contribution in [0.3, 0.4) is 0 Å². The maximum atomic E-state index is 11.2. The van der Waals surface area contributed by atoms with Gasteiger partial charge in [0.2, 0.25) is 0 Å². The van der Waals surface area contributed by atoms with Crippen LogP contribution in [0.1, 0.15) is 22.8 Å².